The summed E-state index contributed by atoms with van der Waals surface area (Å²) in [5, 5.41) is 9.11. The lowest BCUT2D eigenvalue weighted by Gasteiger charge is -2.38. The molecule has 0 aromatic carbocycles. The second-order valence-electron chi connectivity index (χ2n) is 4.67. The van der Waals surface area contributed by atoms with E-state index in [1.54, 1.807) is 0 Å². The molecule has 0 aliphatic carbocycles. The van der Waals surface area contributed by atoms with Crippen molar-refractivity contribution in [1.29, 1.82) is 0 Å². The van der Waals surface area contributed by atoms with Crippen LogP contribution in [0.2, 0.25) is 0 Å². The second kappa shape index (κ2) is 5.47. The van der Waals surface area contributed by atoms with Crippen molar-refractivity contribution in [3.05, 3.63) is 0 Å². The Labute approximate surface area is 91.4 Å². The van der Waals surface area contributed by atoms with E-state index in [1.807, 2.05) is 0 Å². The molecule has 1 rings (SSSR count). The molecule has 88 valence electrons. The summed E-state index contributed by atoms with van der Waals surface area (Å²) in [4.78, 5) is 13.1. The lowest BCUT2D eigenvalue weighted by Crippen LogP contribution is -2.48. The van der Waals surface area contributed by atoms with Crippen LogP contribution in [0.1, 0.15) is 26.7 Å². The molecule has 3 unspecified atom stereocenters. The lowest BCUT2D eigenvalue weighted by molar-refractivity contribution is -0.144. The first-order chi connectivity index (χ1) is 7.06. The van der Waals surface area contributed by atoms with Gasteiger partial charge in [-0.15, -0.1) is 0 Å². The molecule has 0 radical (unpaired) electrons. The summed E-state index contributed by atoms with van der Waals surface area (Å²) < 4.78 is 0. The second-order valence-corrected chi connectivity index (χ2v) is 4.67. The van der Waals surface area contributed by atoms with Gasteiger partial charge < -0.3 is 10.8 Å². The zero-order valence-electron chi connectivity index (χ0n) is 9.65. The maximum absolute atomic E-state index is 11.1. The fraction of sp³-hybridized carbons (Fsp3) is 0.909. The van der Waals surface area contributed by atoms with Crippen molar-refractivity contribution in [2.75, 3.05) is 19.6 Å². The van der Waals surface area contributed by atoms with Gasteiger partial charge in [-0.05, 0) is 37.8 Å². The molecule has 1 saturated heterocycles. The van der Waals surface area contributed by atoms with Gasteiger partial charge in [0, 0.05) is 6.54 Å². The number of likely N-dealkylation sites (tertiary alicyclic amines) is 1. The minimum absolute atomic E-state index is 0.384. The van der Waals surface area contributed by atoms with Crippen LogP contribution in [0.5, 0.6) is 0 Å². The van der Waals surface area contributed by atoms with Crippen LogP contribution >= 0.6 is 0 Å². The average molecular weight is 214 g/mol. The van der Waals surface area contributed by atoms with Gasteiger partial charge in [0.1, 0.15) is 6.04 Å². The highest BCUT2D eigenvalue weighted by molar-refractivity contribution is 5.73. The Morgan fingerprint density at radius 1 is 1.53 bits per heavy atom. The summed E-state index contributed by atoms with van der Waals surface area (Å²) >= 11 is 0. The molecule has 3 atom stereocenters. The van der Waals surface area contributed by atoms with E-state index in [0.717, 1.165) is 19.5 Å². The molecule has 1 aliphatic heterocycles. The number of nitrogens with zero attached hydrogens (tertiary/aromatic N) is 1. The predicted molar refractivity (Wildman–Crippen MR) is 59.6 cm³/mol. The van der Waals surface area contributed by atoms with E-state index >= 15 is 0 Å². The summed E-state index contributed by atoms with van der Waals surface area (Å²) in [6, 6.07) is -0.384. The first-order valence-electron chi connectivity index (χ1n) is 5.73. The van der Waals surface area contributed by atoms with Crippen molar-refractivity contribution >= 4 is 5.97 Å². The molecule has 0 amide bonds. The quantitative estimate of drug-likeness (QED) is 0.725. The molecule has 0 aromatic rings. The van der Waals surface area contributed by atoms with Gasteiger partial charge in [-0.3, -0.25) is 9.69 Å². The van der Waals surface area contributed by atoms with E-state index in [1.165, 1.54) is 0 Å². The number of hydrogen-bond donors (Lipinski definition) is 2. The van der Waals surface area contributed by atoms with Gasteiger partial charge in [-0.25, -0.2) is 0 Å². The van der Waals surface area contributed by atoms with Gasteiger partial charge in [0.15, 0.2) is 0 Å². The topological polar surface area (TPSA) is 66.6 Å². The summed E-state index contributed by atoms with van der Waals surface area (Å²) in [7, 11) is 0. The number of carbonyl (C=O) groups is 1. The van der Waals surface area contributed by atoms with E-state index < -0.39 is 5.97 Å². The summed E-state index contributed by atoms with van der Waals surface area (Å²) in [6.07, 6.45) is 1.64. The van der Waals surface area contributed by atoms with E-state index in [9.17, 15) is 4.79 Å². The molecule has 4 nitrogen and oxygen atoms in total. The first-order valence-corrected chi connectivity index (χ1v) is 5.73. The van der Waals surface area contributed by atoms with Crippen molar-refractivity contribution in [2.45, 2.75) is 32.7 Å². The summed E-state index contributed by atoms with van der Waals surface area (Å²) in [5.74, 6) is 0.550. The first kappa shape index (κ1) is 12.5. The highest BCUT2D eigenvalue weighted by Crippen LogP contribution is 2.24. The Balaban J connectivity index is 2.57. The zero-order chi connectivity index (χ0) is 11.4. The monoisotopic (exact) mass is 214 g/mol. The molecule has 4 heteroatoms. The van der Waals surface area contributed by atoms with Crippen molar-refractivity contribution < 1.29 is 9.90 Å². The third-order valence-corrected chi connectivity index (χ3v) is 3.53. The summed E-state index contributed by atoms with van der Waals surface area (Å²) in [6.45, 7) is 6.65. The van der Waals surface area contributed by atoms with E-state index in [4.69, 9.17) is 10.8 Å². The number of nitrogens with two attached hydrogens (primary N) is 1. The highest BCUT2D eigenvalue weighted by Gasteiger charge is 2.30. The molecule has 0 saturated carbocycles. The molecule has 0 spiro atoms. The lowest BCUT2D eigenvalue weighted by atomic mass is 9.87. The van der Waals surface area contributed by atoms with Crippen LogP contribution in [0, 0.1) is 11.8 Å². The molecule has 1 fully saturated rings. The van der Waals surface area contributed by atoms with Gasteiger partial charge >= 0.3 is 5.97 Å². The van der Waals surface area contributed by atoms with Gasteiger partial charge in [0.25, 0.3) is 0 Å². The smallest absolute Gasteiger partial charge is 0.320 e. The number of aliphatic carboxylic acids is 1. The van der Waals surface area contributed by atoms with Crippen LogP contribution < -0.4 is 5.73 Å². The van der Waals surface area contributed by atoms with Gasteiger partial charge in [0.05, 0.1) is 0 Å². The Kier molecular flexibility index (Phi) is 4.54. The third kappa shape index (κ3) is 3.18. The Morgan fingerprint density at radius 2 is 2.20 bits per heavy atom. The van der Waals surface area contributed by atoms with Crippen LogP contribution in [0.25, 0.3) is 0 Å². The molecular weight excluding hydrogens is 192 g/mol. The van der Waals surface area contributed by atoms with Crippen LogP contribution in [-0.4, -0.2) is 41.7 Å². The normalized spacial score (nSPS) is 30.1. The molecule has 1 heterocycles. The number of hydrogen-bond acceptors (Lipinski definition) is 3. The van der Waals surface area contributed by atoms with Crippen molar-refractivity contribution in [2.24, 2.45) is 17.6 Å². The third-order valence-electron chi connectivity index (χ3n) is 3.53. The number of piperidine rings is 1. The highest BCUT2D eigenvalue weighted by atomic mass is 16.4. The van der Waals surface area contributed by atoms with Crippen LogP contribution in [0.3, 0.4) is 0 Å². The maximum atomic E-state index is 11.1. The fourth-order valence-corrected chi connectivity index (χ4v) is 2.20. The van der Waals surface area contributed by atoms with Crippen LogP contribution in [0.4, 0.5) is 0 Å². The standard InChI is InChI=1S/C11H22N2O2/c1-8-4-6-13(7-9(8)2)10(3-5-12)11(14)15/h8-10H,3-7,12H2,1-2H3,(H,14,15). The minimum atomic E-state index is -0.734. The molecule has 15 heavy (non-hydrogen) atoms. The zero-order valence-corrected chi connectivity index (χ0v) is 9.65. The van der Waals surface area contributed by atoms with E-state index in [0.29, 0.717) is 24.8 Å². The molecule has 0 aromatic heterocycles. The number of rotatable bonds is 4. The molecule has 1 aliphatic rings. The van der Waals surface area contributed by atoms with Gasteiger partial charge in [0.2, 0.25) is 0 Å². The van der Waals surface area contributed by atoms with Crippen molar-refractivity contribution in [1.82, 2.24) is 4.90 Å². The number of carboxylic acids is 1. The van der Waals surface area contributed by atoms with Crippen LogP contribution in [0.15, 0.2) is 0 Å². The molecule has 0 bridgehead atoms. The Hall–Kier alpha value is -0.610. The molecule has 3 N–H and O–H groups in total. The SMILES string of the molecule is CC1CCN(C(CCN)C(=O)O)CC1C. The predicted octanol–water partition coefficient (Wildman–Crippen LogP) is 0.766. The van der Waals surface area contributed by atoms with Gasteiger partial charge in [-0.1, -0.05) is 13.8 Å². The summed E-state index contributed by atoms with van der Waals surface area (Å²) in [5.41, 5.74) is 5.45. The minimum Gasteiger partial charge on any atom is -0.480 e. The Morgan fingerprint density at radius 3 is 2.67 bits per heavy atom. The van der Waals surface area contributed by atoms with E-state index in [-0.39, 0.29) is 6.04 Å². The van der Waals surface area contributed by atoms with Crippen molar-refractivity contribution in [3.63, 3.8) is 0 Å². The van der Waals surface area contributed by atoms with Crippen molar-refractivity contribution in [3.8, 4) is 0 Å². The largest absolute Gasteiger partial charge is 0.480 e. The molecular formula is C11H22N2O2. The van der Waals surface area contributed by atoms with Gasteiger partial charge in [-0.2, -0.15) is 0 Å². The number of carboxylic acid groups (broad SMARTS) is 1. The Bertz CT molecular complexity index is 221. The fourth-order valence-electron chi connectivity index (χ4n) is 2.20. The van der Waals surface area contributed by atoms with Crippen LogP contribution in [-0.2, 0) is 4.79 Å². The maximum Gasteiger partial charge on any atom is 0.320 e. The average Bonchev–Trinajstić information content (AvgIpc) is 2.18. The van der Waals surface area contributed by atoms with E-state index in [2.05, 4.69) is 18.7 Å².